The molecule has 1 aliphatic rings. The van der Waals surface area contributed by atoms with E-state index >= 15 is 0 Å². The Kier molecular flexibility index (Phi) is 4.52. The van der Waals surface area contributed by atoms with Gasteiger partial charge in [-0.2, -0.15) is 5.26 Å². The van der Waals surface area contributed by atoms with E-state index < -0.39 is 5.54 Å². The fourth-order valence-corrected chi connectivity index (χ4v) is 1.88. The van der Waals surface area contributed by atoms with E-state index in [4.69, 9.17) is 5.26 Å². The van der Waals surface area contributed by atoms with E-state index in [-0.39, 0.29) is 0 Å². The number of hydrogen-bond donors (Lipinski definition) is 1. The molecule has 1 rings (SSSR count). The fraction of sp³-hybridized carbons (Fsp3) is 0.909. The van der Waals surface area contributed by atoms with Gasteiger partial charge in [0.1, 0.15) is 5.54 Å². The summed E-state index contributed by atoms with van der Waals surface area (Å²) in [4.78, 5) is 4.81. The molecule has 1 aliphatic heterocycles. The van der Waals surface area contributed by atoms with Crippen molar-refractivity contribution in [3.05, 3.63) is 0 Å². The van der Waals surface area contributed by atoms with E-state index in [9.17, 15) is 0 Å². The standard InChI is InChI=1S/C11H22N4/c1-4-14-5-7-15(8-6-14)10-11(2,9-12)13-3/h13H,4-8,10H2,1-3H3. The van der Waals surface area contributed by atoms with Gasteiger partial charge in [-0.05, 0) is 20.5 Å². The lowest BCUT2D eigenvalue weighted by Crippen LogP contribution is -2.54. The Morgan fingerprint density at radius 2 is 1.80 bits per heavy atom. The minimum Gasteiger partial charge on any atom is -0.302 e. The lowest BCUT2D eigenvalue weighted by molar-refractivity contribution is 0.121. The molecule has 0 aliphatic carbocycles. The molecule has 0 bridgehead atoms. The van der Waals surface area contributed by atoms with Crippen LogP contribution in [0.1, 0.15) is 13.8 Å². The molecule has 1 heterocycles. The smallest absolute Gasteiger partial charge is 0.116 e. The molecule has 0 spiro atoms. The zero-order valence-corrected chi connectivity index (χ0v) is 10.1. The third-order valence-corrected chi connectivity index (χ3v) is 3.25. The average Bonchev–Trinajstić information content (AvgIpc) is 2.30. The van der Waals surface area contributed by atoms with Crippen molar-refractivity contribution in [1.29, 1.82) is 5.26 Å². The van der Waals surface area contributed by atoms with Gasteiger partial charge in [0.2, 0.25) is 0 Å². The second-order valence-corrected chi connectivity index (χ2v) is 4.40. The lowest BCUT2D eigenvalue weighted by atomic mass is 10.0. The summed E-state index contributed by atoms with van der Waals surface area (Å²) in [5, 5.41) is 12.1. The highest BCUT2D eigenvalue weighted by Gasteiger charge is 2.26. The van der Waals surface area contributed by atoms with Crippen LogP contribution in [-0.2, 0) is 0 Å². The van der Waals surface area contributed by atoms with Gasteiger partial charge in [0.15, 0.2) is 0 Å². The Morgan fingerprint density at radius 3 is 2.20 bits per heavy atom. The Labute approximate surface area is 92.8 Å². The molecule has 1 saturated heterocycles. The number of likely N-dealkylation sites (N-methyl/N-ethyl adjacent to an activating group) is 2. The Balaban J connectivity index is 2.39. The summed E-state index contributed by atoms with van der Waals surface area (Å²) >= 11 is 0. The van der Waals surface area contributed by atoms with Crippen LogP contribution in [-0.4, -0.2) is 61.7 Å². The first-order chi connectivity index (χ1) is 7.13. The van der Waals surface area contributed by atoms with E-state index in [0.717, 1.165) is 39.3 Å². The highest BCUT2D eigenvalue weighted by molar-refractivity contribution is 5.05. The molecular formula is C11H22N4. The molecule has 0 radical (unpaired) electrons. The molecule has 1 atom stereocenters. The molecule has 15 heavy (non-hydrogen) atoms. The second kappa shape index (κ2) is 5.45. The zero-order chi connectivity index (χ0) is 11.3. The monoisotopic (exact) mass is 210 g/mol. The predicted octanol–water partition coefficient (Wildman–Crippen LogP) is 0.126. The van der Waals surface area contributed by atoms with E-state index in [1.807, 2.05) is 14.0 Å². The van der Waals surface area contributed by atoms with Crippen LogP contribution in [0.4, 0.5) is 0 Å². The van der Waals surface area contributed by atoms with Gasteiger partial charge < -0.3 is 10.2 Å². The molecule has 0 aromatic rings. The van der Waals surface area contributed by atoms with Crippen molar-refractivity contribution in [2.45, 2.75) is 19.4 Å². The summed E-state index contributed by atoms with van der Waals surface area (Å²) in [6.45, 7) is 10.5. The maximum absolute atomic E-state index is 9.06. The van der Waals surface area contributed by atoms with E-state index in [2.05, 4.69) is 28.1 Å². The SMILES string of the molecule is CCN1CCN(CC(C)(C#N)NC)CC1. The van der Waals surface area contributed by atoms with Crippen molar-refractivity contribution in [3.8, 4) is 6.07 Å². The number of hydrogen-bond acceptors (Lipinski definition) is 4. The van der Waals surface area contributed by atoms with Gasteiger partial charge in [0, 0.05) is 32.7 Å². The minimum atomic E-state index is -0.408. The van der Waals surface area contributed by atoms with Crippen molar-refractivity contribution < 1.29 is 0 Å². The van der Waals surface area contributed by atoms with E-state index in [0.29, 0.717) is 0 Å². The second-order valence-electron chi connectivity index (χ2n) is 4.40. The van der Waals surface area contributed by atoms with Gasteiger partial charge in [-0.3, -0.25) is 4.90 Å². The summed E-state index contributed by atoms with van der Waals surface area (Å²) in [5.41, 5.74) is -0.408. The van der Waals surface area contributed by atoms with Gasteiger partial charge in [-0.1, -0.05) is 6.92 Å². The van der Waals surface area contributed by atoms with Gasteiger partial charge in [-0.15, -0.1) is 0 Å². The van der Waals surface area contributed by atoms with Gasteiger partial charge >= 0.3 is 0 Å². The fourth-order valence-electron chi connectivity index (χ4n) is 1.88. The summed E-state index contributed by atoms with van der Waals surface area (Å²) < 4.78 is 0. The van der Waals surface area contributed by atoms with Gasteiger partial charge in [0.05, 0.1) is 6.07 Å². The summed E-state index contributed by atoms with van der Waals surface area (Å²) in [6.07, 6.45) is 0. The topological polar surface area (TPSA) is 42.3 Å². The lowest BCUT2D eigenvalue weighted by Gasteiger charge is -2.37. The van der Waals surface area contributed by atoms with Crippen LogP contribution >= 0.6 is 0 Å². The van der Waals surface area contributed by atoms with Gasteiger partial charge in [0.25, 0.3) is 0 Å². The normalized spacial score (nSPS) is 23.3. The third-order valence-electron chi connectivity index (χ3n) is 3.25. The summed E-state index contributed by atoms with van der Waals surface area (Å²) in [6, 6.07) is 2.33. The summed E-state index contributed by atoms with van der Waals surface area (Å²) in [5.74, 6) is 0. The van der Waals surface area contributed by atoms with Crippen LogP contribution in [0.3, 0.4) is 0 Å². The molecule has 1 fully saturated rings. The first-order valence-electron chi connectivity index (χ1n) is 5.68. The van der Waals surface area contributed by atoms with Crippen LogP contribution in [0.2, 0.25) is 0 Å². The van der Waals surface area contributed by atoms with Crippen LogP contribution in [0.15, 0.2) is 0 Å². The van der Waals surface area contributed by atoms with Crippen LogP contribution in [0.25, 0.3) is 0 Å². The molecule has 0 aromatic heterocycles. The van der Waals surface area contributed by atoms with Crippen molar-refractivity contribution in [2.75, 3.05) is 46.3 Å². The predicted molar refractivity (Wildman–Crippen MR) is 61.6 cm³/mol. The third kappa shape index (κ3) is 3.45. The molecule has 0 saturated carbocycles. The van der Waals surface area contributed by atoms with Crippen LogP contribution in [0, 0.1) is 11.3 Å². The minimum absolute atomic E-state index is 0.408. The first kappa shape index (κ1) is 12.4. The molecule has 1 N–H and O–H groups in total. The van der Waals surface area contributed by atoms with E-state index in [1.165, 1.54) is 0 Å². The largest absolute Gasteiger partial charge is 0.302 e. The summed E-state index contributed by atoms with van der Waals surface area (Å²) in [7, 11) is 1.85. The number of nitrogens with one attached hydrogen (secondary N) is 1. The van der Waals surface area contributed by atoms with Crippen molar-refractivity contribution >= 4 is 0 Å². The van der Waals surface area contributed by atoms with Crippen LogP contribution in [0.5, 0.6) is 0 Å². The zero-order valence-electron chi connectivity index (χ0n) is 10.1. The Morgan fingerprint density at radius 1 is 1.27 bits per heavy atom. The Hall–Kier alpha value is -0.630. The molecule has 0 aromatic carbocycles. The number of nitrogens with zero attached hydrogens (tertiary/aromatic N) is 3. The highest BCUT2D eigenvalue weighted by Crippen LogP contribution is 2.08. The number of piperazine rings is 1. The average molecular weight is 210 g/mol. The molecule has 4 nitrogen and oxygen atoms in total. The molecule has 4 heteroatoms. The first-order valence-corrected chi connectivity index (χ1v) is 5.68. The van der Waals surface area contributed by atoms with Crippen molar-refractivity contribution in [1.82, 2.24) is 15.1 Å². The van der Waals surface area contributed by atoms with Crippen LogP contribution < -0.4 is 5.32 Å². The quantitative estimate of drug-likeness (QED) is 0.716. The van der Waals surface area contributed by atoms with Crippen molar-refractivity contribution in [3.63, 3.8) is 0 Å². The number of nitriles is 1. The maximum atomic E-state index is 9.06. The number of rotatable bonds is 4. The maximum Gasteiger partial charge on any atom is 0.116 e. The molecule has 0 amide bonds. The van der Waals surface area contributed by atoms with Gasteiger partial charge in [-0.25, -0.2) is 0 Å². The molecule has 1 unspecified atom stereocenters. The Bertz CT molecular complexity index is 227. The van der Waals surface area contributed by atoms with E-state index in [1.54, 1.807) is 0 Å². The molecular weight excluding hydrogens is 188 g/mol. The van der Waals surface area contributed by atoms with Crippen molar-refractivity contribution in [2.24, 2.45) is 0 Å². The highest BCUT2D eigenvalue weighted by atomic mass is 15.3. The molecule has 86 valence electrons.